The Kier molecular flexibility index (Phi) is 6.31. The van der Waals surface area contributed by atoms with Crippen molar-refractivity contribution >= 4 is 29.2 Å². The molecule has 1 rings (SSSR count). The van der Waals surface area contributed by atoms with E-state index >= 15 is 0 Å². The summed E-state index contributed by atoms with van der Waals surface area (Å²) in [4.78, 5) is 23.7. The quantitative estimate of drug-likeness (QED) is 0.495. The molecule has 2 N–H and O–H groups in total. The largest absolute Gasteiger partial charge is 0.465 e. The predicted molar refractivity (Wildman–Crippen MR) is 76.3 cm³/mol. The Balaban J connectivity index is 2.93. The van der Waals surface area contributed by atoms with Crippen molar-refractivity contribution in [3.05, 3.63) is 28.8 Å². The number of rotatable bonds is 6. The summed E-state index contributed by atoms with van der Waals surface area (Å²) in [6.07, 6.45) is 0.122. The molecule has 0 heterocycles. The highest BCUT2D eigenvalue weighted by Crippen LogP contribution is 2.23. The maximum absolute atomic E-state index is 11.9. The Hall–Kier alpha value is -1.75. The van der Waals surface area contributed by atoms with E-state index in [1.165, 1.54) is 0 Å². The molecule has 0 atom stereocenters. The van der Waals surface area contributed by atoms with E-state index in [2.05, 4.69) is 0 Å². The van der Waals surface area contributed by atoms with Gasteiger partial charge in [0, 0.05) is 10.7 Å². The van der Waals surface area contributed by atoms with Crippen molar-refractivity contribution in [2.45, 2.75) is 20.3 Å². The first-order chi connectivity index (χ1) is 9.49. The fraction of sp³-hybridized carbons (Fsp3) is 0.429. The van der Waals surface area contributed by atoms with Gasteiger partial charge < -0.3 is 15.2 Å². The lowest BCUT2D eigenvalue weighted by molar-refractivity contribution is -0.161. The molecule has 1 aromatic rings. The van der Waals surface area contributed by atoms with Gasteiger partial charge in [-0.2, -0.15) is 0 Å². The average Bonchev–Trinajstić information content (AvgIpc) is 2.38. The van der Waals surface area contributed by atoms with E-state index in [0.717, 1.165) is 0 Å². The van der Waals surface area contributed by atoms with Gasteiger partial charge >= 0.3 is 11.9 Å². The molecular weight excluding hydrogens is 282 g/mol. The normalized spacial score (nSPS) is 10.4. The first-order valence-corrected chi connectivity index (χ1v) is 6.74. The number of hydrogen-bond acceptors (Lipinski definition) is 5. The molecule has 0 unspecified atom stereocenters. The number of nitrogens with two attached hydrogens (primary N) is 1. The number of benzene rings is 1. The smallest absolute Gasteiger partial charge is 0.320 e. The summed E-state index contributed by atoms with van der Waals surface area (Å²) in [5, 5.41) is 0.406. The van der Waals surface area contributed by atoms with Crippen LogP contribution in [0.5, 0.6) is 0 Å². The zero-order valence-electron chi connectivity index (χ0n) is 11.5. The van der Waals surface area contributed by atoms with Crippen molar-refractivity contribution in [1.29, 1.82) is 0 Å². The molecular formula is C14H18ClNO4. The van der Waals surface area contributed by atoms with Crippen molar-refractivity contribution < 1.29 is 19.1 Å². The van der Waals surface area contributed by atoms with E-state index in [0.29, 0.717) is 16.3 Å². The second-order valence-electron chi connectivity index (χ2n) is 4.11. The Morgan fingerprint density at radius 1 is 1.20 bits per heavy atom. The fourth-order valence-electron chi connectivity index (χ4n) is 1.70. The number of anilines is 1. The monoisotopic (exact) mass is 299 g/mol. The van der Waals surface area contributed by atoms with Gasteiger partial charge in [0.1, 0.15) is 0 Å². The van der Waals surface area contributed by atoms with Gasteiger partial charge in [-0.05, 0) is 38.0 Å². The van der Waals surface area contributed by atoms with Gasteiger partial charge in [0.2, 0.25) is 0 Å². The van der Waals surface area contributed by atoms with Crippen LogP contribution in [0.15, 0.2) is 18.2 Å². The molecule has 0 aliphatic carbocycles. The highest BCUT2D eigenvalue weighted by atomic mass is 35.5. The molecule has 0 saturated carbocycles. The van der Waals surface area contributed by atoms with E-state index < -0.39 is 17.9 Å². The van der Waals surface area contributed by atoms with Gasteiger partial charge in [-0.15, -0.1) is 0 Å². The van der Waals surface area contributed by atoms with Crippen molar-refractivity contribution in [3.8, 4) is 0 Å². The van der Waals surface area contributed by atoms with E-state index in [1.807, 2.05) is 0 Å². The lowest BCUT2D eigenvalue weighted by atomic mass is 9.99. The van der Waals surface area contributed by atoms with Crippen LogP contribution in [0.2, 0.25) is 5.02 Å². The lowest BCUT2D eigenvalue weighted by Crippen LogP contribution is -2.30. The topological polar surface area (TPSA) is 78.6 Å². The summed E-state index contributed by atoms with van der Waals surface area (Å²) < 4.78 is 9.80. The molecule has 0 amide bonds. The third kappa shape index (κ3) is 4.42. The molecule has 0 saturated heterocycles. The molecule has 0 radical (unpaired) electrons. The van der Waals surface area contributed by atoms with Crippen LogP contribution < -0.4 is 5.73 Å². The molecule has 6 heteroatoms. The Morgan fingerprint density at radius 3 is 2.20 bits per heavy atom. The zero-order valence-corrected chi connectivity index (χ0v) is 12.3. The minimum absolute atomic E-state index is 0.122. The van der Waals surface area contributed by atoms with Crippen LogP contribution in [-0.2, 0) is 25.5 Å². The summed E-state index contributed by atoms with van der Waals surface area (Å²) >= 11 is 6.05. The van der Waals surface area contributed by atoms with E-state index in [1.54, 1.807) is 32.0 Å². The maximum atomic E-state index is 11.9. The van der Waals surface area contributed by atoms with Crippen LogP contribution in [0, 0.1) is 5.92 Å². The molecule has 0 aliphatic rings. The molecule has 0 spiro atoms. The third-order valence-electron chi connectivity index (χ3n) is 2.64. The lowest BCUT2D eigenvalue weighted by Gasteiger charge is -2.15. The number of esters is 2. The van der Waals surface area contributed by atoms with E-state index in [9.17, 15) is 9.59 Å². The van der Waals surface area contributed by atoms with Crippen molar-refractivity contribution in [2.75, 3.05) is 18.9 Å². The van der Waals surface area contributed by atoms with Gasteiger partial charge in [-0.25, -0.2) is 0 Å². The summed E-state index contributed by atoms with van der Waals surface area (Å²) in [7, 11) is 0. The third-order valence-corrected chi connectivity index (χ3v) is 3.00. The van der Waals surface area contributed by atoms with Crippen LogP contribution >= 0.6 is 11.6 Å². The number of hydrogen-bond donors (Lipinski definition) is 1. The van der Waals surface area contributed by atoms with Crippen LogP contribution in [0.1, 0.15) is 19.4 Å². The summed E-state index contributed by atoms with van der Waals surface area (Å²) in [5.74, 6) is -2.24. The van der Waals surface area contributed by atoms with Crippen LogP contribution in [-0.4, -0.2) is 25.2 Å². The molecule has 0 aromatic heterocycles. The van der Waals surface area contributed by atoms with Gasteiger partial charge in [0.15, 0.2) is 5.92 Å². The zero-order chi connectivity index (χ0) is 15.1. The SMILES string of the molecule is CCOC(=O)C(Cc1ccc(N)cc1Cl)C(=O)OCC. The molecule has 0 bridgehead atoms. The number of nitrogen functional groups attached to an aromatic ring is 1. The van der Waals surface area contributed by atoms with Gasteiger partial charge in [-0.3, -0.25) is 9.59 Å². The fourth-order valence-corrected chi connectivity index (χ4v) is 1.96. The Morgan fingerprint density at radius 2 is 1.75 bits per heavy atom. The standard InChI is InChI=1S/C14H18ClNO4/c1-3-19-13(17)11(14(18)20-4-2)7-9-5-6-10(16)8-12(9)15/h5-6,8,11H,3-4,7,16H2,1-2H3. The van der Waals surface area contributed by atoms with Gasteiger partial charge in [0.05, 0.1) is 13.2 Å². The molecule has 0 aliphatic heterocycles. The Labute approximate surface area is 123 Å². The highest BCUT2D eigenvalue weighted by molar-refractivity contribution is 6.31. The minimum atomic E-state index is -1.02. The molecule has 0 fully saturated rings. The van der Waals surface area contributed by atoms with Crippen molar-refractivity contribution in [2.24, 2.45) is 5.92 Å². The van der Waals surface area contributed by atoms with Crippen LogP contribution in [0.3, 0.4) is 0 Å². The number of carbonyl (C=O) groups excluding carboxylic acids is 2. The first-order valence-electron chi connectivity index (χ1n) is 6.36. The van der Waals surface area contributed by atoms with Crippen molar-refractivity contribution in [3.63, 3.8) is 0 Å². The first kappa shape index (κ1) is 16.3. The van der Waals surface area contributed by atoms with E-state index in [-0.39, 0.29) is 19.6 Å². The average molecular weight is 300 g/mol. The highest BCUT2D eigenvalue weighted by Gasteiger charge is 2.30. The molecule has 20 heavy (non-hydrogen) atoms. The second kappa shape index (κ2) is 7.75. The predicted octanol–water partition coefficient (Wildman–Crippen LogP) is 2.21. The van der Waals surface area contributed by atoms with E-state index in [4.69, 9.17) is 26.8 Å². The summed E-state index contributed by atoms with van der Waals surface area (Å²) in [6.45, 7) is 3.75. The number of ether oxygens (including phenoxy) is 2. The summed E-state index contributed by atoms with van der Waals surface area (Å²) in [5.41, 5.74) is 6.77. The molecule has 5 nitrogen and oxygen atoms in total. The summed E-state index contributed by atoms with van der Waals surface area (Å²) in [6, 6.07) is 4.92. The molecule has 110 valence electrons. The van der Waals surface area contributed by atoms with Gasteiger partial charge in [0.25, 0.3) is 0 Å². The number of carbonyl (C=O) groups is 2. The maximum Gasteiger partial charge on any atom is 0.320 e. The second-order valence-corrected chi connectivity index (χ2v) is 4.52. The number of halogens is 1. The van der Waals surface area contributed by atoms with Crippen LogP contribution in [0.4, 0.5) is 5.69 Å². The van der Waals surface area contributed by atoms with Gasteiger partial charge in [-0.1, -0.05) is 17.7 Å². The Bertz CT molecular complexity index is 472. The molecule has 1 aromatic carbocycles. The van der Waals surface area contributed by atoms with Crippen molar-refractivity contribution in [1.82, 2.24) is 0 Å². The van der Waals surface area contributed by atoms with Crippen LogP contribution in [0.25, 0.3) is 0 Å². The minimum Gasteiger partial charge on any atom is -0.465 e.